The number of rotatable bonds is 46. The minimum absolute atomic E-state index is 0.0357. The summed E-state index contributed by atoms with van der Waals surface area (Å²) in [4.78, 5) is 12.5. The van der Waals surface area contributed by atoms with Crippen LogP contribution < -0.4 is 5.32 Å². The summed E-state index contributed by atoms with van der Waals surface area (Å²) in [5, 5.41) is 33.5. The fourth-order valence-electron chi connectivity index (χ4n) is 7.99. The number of unbranched alkanes of at least 4 members (excludes halogenated alkanes) is 35. The van der Waals surface area contributed by atoms with Gasteiger partial charge in [0.05, 0.1) is 31.3 Å². The monoisotopic (exact) mass is 778 g/mol. The molecule has 0 bridgehead atoms. The number of aliphatic hydroxyl groups is 3. The number of carbonyl (C=O) groups excluding carboxylic acids is 1. The van der Waals surface area contributed by atoms with Gasteiger partial charge in [-0.3, -0.25) is 4.79 Å². The number of carbonyl (C=O) groups is 1. The Balaban J connectivity index is 3.57. The van der Waals surface area contributed by atoms with Gasteiger partial charge in [0.2, 0.25) is 5.91 Å². The molecule has 0 aliphatic carbocycles. The van der Waals surface area contributed by atoms with Crippen LogP contribution in [0.4, 0.5) is 0 Å². The highest BCUT2D eigenvalue weighted by Crippen LogP contribution is 2.17. The van der Waals surface area contributed by atoms with Gasteiger partial charge in [0.25, 0.3) is 0 Å². The molecule has 328 valence electrons. The van der Waals surface area contributed by atoms with Gasteiger partial charge in [-0.1, -0.05) is 244 Å². The van der Waals surface area contributed by atoms with Gasteiger partial charge >= 0.3 is 0 Å². The van der Waals surface area contributed by atoms with Gasteiger partial charge in [-0.15, -0.1) is 0 Å². The summed E-state index contributed by atoms with van der Waals surface area (Å²) in [6, 6.07) is -0.658. The predicted octanol–water partition coefficient (Wildman–Crippen LogP) is 14.8. The number of allylic oxidation sites excluding steroid dienone is 2. The Morgan fingerprint density at radius 3 is 1.05 bits per heavy atom. The van der Waals surface area contributed by atoms with E-state index < -0.39 is 18.2 Å². The van der Waals surface area contributed by atoms with E-state index >= 15 is 0 Å². The molecule has 0 rings (SSSR count). The fraction of sp³-hybridized carbons (Fsp3) is 0.940. The molecule has 55 heavy (non-hydrogen) atoms. The van der Waals surface area contributed by atoms with Gasteiger partial charge < -0.3 is 20.6 Å². The molecule has 3 unspecified atom stereocenters. The van der Waals surface area contributed by atoms with Gasteiger partial charge in [0, 0.05) is 0 Å². The lowest BCUT2D eigenvalue weighted by Gasteiger charge is -2.23. The van der Waals surface area contributed by atoms with Crippen molar-refractivity contribution < 1.29 is 20.1 Å². The average molecular weight is 778 g/mol. The zero-order valence-corrected chi connectivity index (χ0v) is 37.3. The standard InChI is InChI=1S/C50H99NO4/c1-3-5-7-9-11-13-15-17-19-21-23-24-25-26-27-29-31-33-35-37-39-41-43-47(53)45-50(55)51-48(46-52)49(54)44-42-40-38-36-34-32-30-28-22-20-18-16-14-12-10-8-6-4-2/h26-27,47-49,52-54H,3-25,28-46H2,1-2H3,(H,51,55)/b27-26-. The van der Waals surface area contributed by atoms with Crippen molar-refractivity contribution in [3.8, 4) is 0 Å². The quantitative estimate of drug-likeness (QED) is 0.0366. The van der Waals surface area contributed by atoms with Crippen LogP contribution in [-0.2, 0) is 4.79 Å². The van der Waals surface area contributed by atoms with E-state index in [9.17, 15) is 20.1 Å². The highest BCUT2D eigenvalue weighted by Gasteiger charge is 2.21. The van der Waals surface area contributed by atoms with E-state index in [2.05, 4.69) is 31.3 Å². The predicted molar refractivity (Wildman–Crippen MR) is 241 cm³/mol. The van der Waals surface area contributed by atoms with Crippen LogP contribution in [0.2, 0.25) is 0 Å². The Hall–Kier alpha value is -0.910. The second-order valence-corrected chi connectivity index (χ2v) is 17.4. The molecule has 0 aliphatic heterocycles. The summed E-state index contributed by atoms with van der Waals surface area (Å²) in [5.41, 5.74) is 0. The Kier molecular flexibility index (Phi) is 45.0. The van der Waals surface area contributed by atoms with Crippen LogP contribution >= 0.6 is 0 Å². The van der Waals surface area contributed by atoms with E-state index in [4.69, 9.17) is 0 Å². The van der Waals surface area contributed by atoms with Crippen LogP contribution in [0.3, 0.4) is 0 Å². The molecule has 0 aromatic carbocycles. The molecule has 0 aromatic heterocycles. The topological polar surface area (TPSA) is 89.8 Å². The van der Waals surface area contributed by atoms with Crippen molar-refractivity contribution in [1.29, 1.82) is 0 Å². The summed E-state index contributed by atoms with van der Waals surface area (Å²) in [6.07, 6.45) is 54.8. The molecule has 5 heteroatoms. The van der Waals surface area contributed by atoms with E-state index in [-0.39, 0.29) is 18.9 Å². The molecule has 5 nitrogen and oxygen atoms in total. The highest BCUT2D eigenvalue weighted by molar-refractivity contribution is 5.76. The van der Waals surface area contributed by atoms with Crippen LogP contribution in [0.15, 0.2) is 12.2 Å². The average Bonchev–Trinajstić information content (AvgIpc) is 3.18. The van der Waals surface area contributed by atoms with Crippen LogP contribution in [0.25, 0.3) is 0 Å². The minimum atomic E-state index is -0.748. The summed E-state index contributed by atoms with van der Waals surface area (Å²) < 4.78 is 0. The summed E-state index contributed by atoms with van der Waals surface area (Å²) >= 11 is 0. The number of hydrogen-bond donors (Lipinski definition) is 4. The third kappa shape index (κ3) is 42.5. The van der Waals surface area contributed by atoms with E-state index in [1.54, 1.807) is 0 Å². The van der Waals surface area contributed by atoms with E-state index in [0.29, 0.717) is 12.8 Å². The molecule has 0 saturated carbocycles. The van der Waals surface area contributed by atoms with Crippen molar-refractivity contribution in [2.75, 3.05) is 6.61 Å². The first kappa shape index (κ1) is 54.1. The molecule has 0 spiro atoms. The van der Waals surface area contributed by atoms with Crippen molar-refractivity contribution in [2.45, 2.75) is 295 Å². The largest absolute Gasteiger partial charge is 0.394 e. The van der Waals surface area contributed by atoms with Crippen molar-refractivity contribution in [3.05, 3.63) is 12.2 Å². The smallest absolute Gasteiger partial charge is 0.222 e. The zero-order chi connectivity index (χ0) is 40.1. The van der Waals surface area contributed by atoms with Gasteiger partial charge in [-0.2, -0.15) is 0 Å². The zero-order valence-electron chi connectivity index (χ0n) is 37.3. The second kappa shape index (κ2) is 45.8. The number of hydrogen-bond acceptors (Lipinski definition) is 4. The Bertz CT molecular complexity index is 773. The highest BCUT2D eigenvalue weighted by atomic mass is 16.3. The van der Waals surface area contributed by atoms with Crippen molar-refractivity contribution in [2.24, 2.45) is 0 Å². The van der Waals surface area contributed by atoms with Crippen LogP contribution in [0, 0.1) is 0 Å². The molecule has 0 saturated heterocycles. The Morgan fingerprint density at radius 1 is 0.436 bits per heavy atom. The minimum Gasteiger partial charge on any atom is -0.394 e. The summed E-state index contributed by atoms with van der Waals surface area (Å²) in [6.45, 7) is 4.29. The maximum Gasteiger partial charge on any atom is 0.222 e. The fourth-order valence-corrected chi connectivity index (χ4v) is 7.99. The lowest BCUT2D eigenvalue weighted by atomic mass is 10.0. The van der Waals surface area contributed by atoms with Gasteiger partial charge in [-0.05, 0) is 38.5 Å². The lowest BCUT2D eigenvalue weighted by Crippen LogP contribution is -2.46. The molecular weight excluding hydrogens is 679 g/mol. The van der Waals surface area contributed by atoms with Crippen LogP contribution in [0.5, 0.6) is 0 Å². The summed E-state index contributed by atoms with van der Waals surface area (Å²) in [7, 11) is 0. The lowest BCUT2D eigenvalue weighted by molar-refractivity contribution is -0.125. The third-order valence-electron chi connectivity index (χ3n) is 11.8. The normalized spacial score (nSPS) is 13.5. The maximum atomic E-state index is 12.5. The van der Waals surface area contributed by atoms with Crippen molar-refractivity contribution in [3.63, 3.8) is 0 Å². The molecule has 0 aromatic rings. The molecule has 0 heterocycles. The molecule has 4 N–H and O–H groups in total. The van der Waals surface area contributed by atoms with Crippen molar-refractivity contribution in [1.82, 2.24) is 5.32 Å². The Morgan fingerprint density at radius 2 is 0.727 bits per heavy atom. The number of nitrogens with one attached hydrogen (secondary N) is 1. The molecule has 0 fully saturated rings. The summed E-state index contributed by atoms with van der Waals surface area (Å²) in [5.74, 6) is -0.282. The van der Waals surface area contributed by atoms with Gasteiger partial charge in [0.1, 0.15) is 0 Å². The Labute approximate surface area is 344 Å². The first-order valence-corrected chi connectivity index (χ1v) is 25.0. The van der Waals surface area contributed by atoms with E-state index in [1.807, 2.05) is 0 Å². The van der Waals surface area contributed by atoms with E-state index in [0.717, 1.165) is 25.7 Å². The molecule has 0 radical (unpaired) electrons. The number of aliphatic hydroxyl groups excluding tert-OH is 3. The molecule has 0 aliphatic rings. The number of amides is 1. The van der Waals surface area contributed by atoms with Crippen molar-refractivity contribution >= 4 is 5.91 Å². The first-order valence-electron chi connectivity index (χ1n) is 25.0. The maximum absolute atomic E-state index is 12.5. The van der Waals surface area contributed by atoms with Crippen LogP contribution in [-0.4, -0.2) is 46.1 Å². The van der Waals surface area contributed by atoms with Crippen LogP contribution in [0.1, 0.15) is 277 Å². The van der Waals surface area contributed by atoms with E-state index in [1.165, 1.54) is 218 Å². The molecule has 3 atom stereocenters. The second-order valence-electron chi connectivity index (χ2n) is 17.4. The first-order chi connectivity index (χ1) is 27.0. The third-order valence-corrected chi connectivity index (χ3v) is 11.8. The van der Waals surface area contributed by atoms with Gasteiger partial charge in [0.15, 0.2) is 0 Å². The molecule has 1 amide bonds. The molecular formula is C50H99NO4. The SMILES string of the molecule is CCCCCCCCCCCCCC/C=C\CCCCCCCCC(O)CC(=O)NC(CO)C(O)CCCCCCCCCCCCCCCCCCCC. The van der Waals surface area contributed by atoms with Gasteiger partial charge in [-0.25, -0.2) is 0 Å².